The fourth-order valence-corrected chi connectivity index (χ4v) is 2.73. The molecule has 8 nitrogen and oxygen atoms in total. The van der Waals surface area contributed by atoms with E-state index in [4.69, 9.17) is 4.74 Å². The lowest BCUT2D eigenvalue weighted by Crippen LogP contribution is -2.23. The minimum atomic E-state index is -0.459. The highest BCUT2D eigenvalue weighted by atomic mass is 16.6. The molecule has 0 radical (unpaired) electrons. The van der Waals surface area contributed by atoms with E-state index in [2.05, 4.69) is 10.4 Å². The summed E-state index contributed by atoms with van der Waals surface area (Å²) in [6, 6.07) is 13.0. The van der Waals surface area contributed by atoms with Gasteiger partial charge in [0.15, 0.2) is 0 Å². The molecule has 1 aromatic heterocycles. The number of benzene rings is 2. The molecule has 1 amide bonds. The maximum Gasteiger partial charge on any atom is 0.269 e. The molecule has 1 N–H and O–H groups in total. The van der Waals surface area contributed by atoms with E-state index in [0.29, 0.717) is 17.9 Å². The molecule has 0 spiro atoms. The van der Waals surface area contributed by atoms with E-state index in [-0.39, 0.29) is 18.2 Å². The quantitative estimate of drug-likeness (QED) is 0.501. The summed E-state index contributed by atoms with van der Waals surface area (Å²) in [5, 5.41) is 17.8. The van der Waals surface area contributed by atoms with Gasteiger partial charge in [-0.05, 0) is 36.8 Å². The van der Waals surface area contributed by atoms with E-state index < -0.39 is 4.92 Å². The highest BCUT2D eigenvalue weighted by Crippen LogP contribution is 2.18. The number of carbonyl (C=O) groups is 1. The van der Waals surface area contributed by atoms with Crippen LogP contribution in [0.4, 0.5) is 5.69 Å². The van der Waals surface area contributed by atoms with E-state index in [1.165, 1.54) is 12.1 Å². The van der Waals surface area contributed by atoms with Crippen LogP contribution in [0, 0.1) is 17.0 Å². The predicted molar refractivity (Wildman–Crippen MR) is 103 cm³/mol. The summed E-state index contributed by atoms with van der Waals surface area (Å²) in [7, 11) is 1.84. The van der Waals surface area contributed by atoms with Gasteiger partial charge in [0.25, 0.3) is 11.6 Å². The fourth-order valence-electron chi connectivity index (χ4n) is 2.73. The summed E-state index contributed by atoms with van der Waals surface area (Å²) in [5.41, 5.74) is 3.21. The van der Waals surface area contributed by atoms with Crippen molar-refractivity contribution >= 4 is 11.6 Å². The molecule has 2 aromatic carbocycles. The Morgan fingerprint density at radius 3 is 2.64 bits per heavy atom. The number of hydrogen-bond donors (Lipinski definition) is 1. The highest BCUT2D eigenvalue weighted by molar-refractivity contribution is 5.94. The van der Waals surface area contributed by atoms with E-state index >= 15 is 0 Å². The van der Waals surface area contributed by atoms with Crippen LogP contribution in [-0.4, -0.2) is 20.6 Å². The van der Waals surface area contributed by atoms with Crippen molar-refractivity contribution < 1.29 is 14.5 Å². The first-order valence-corrected chi connectivity index (χ1v) is 8.66. The zero-order valence-electron chi connectivity index (χ0n) is 15.6. The Hall–Kier alpha value is -3.68. The van der Waals surface area contributed by atoms with Crippen molar-refractivity contribution in [3.8, 4) is 5.75 Å². The average Bonchev–Trinajstić information content (AvgIpc) is 3.02. The highest BCUT2D eigenvalue weighted by Gasteiger charge is 2.09. The van der Waals surface area contributed by atoms with Gasteiger partial charge in [0.1, 0.15) is 12.4 Å². The Labute approximate surface area is 161 Å². The summed E-state index contributed by atoms with van der Waals surface area (Å²) in [6.07, 6.45) is 1.88. The molecule has 3 aromatic rings. The van der Waals surface area contributed by atoms with Crippen molar-refractivity contribution in [1.29, 1.82) is 0 Å². The lowest BCUT2D eigenvalue weighted by Gasteiger charge is -2.08. The SMILES string of the molecule is Cc1nn(C)cc1CNC(=O)c1cccc(COc2ccc([N+](=O)[O-])cc2)c1. The minimum Gasteiger partial charge on any atom is -0.489 e. The van der Waals surface area contributed by atoms with Crippen molar-refractivity contribution in [2.45, 2.75) is 20.1 Å². The van der Waals surface area contributed by atoms with E-state index in [1.54, 1.807) is 35.0 Å². The summed E-state index contributed by atoms with van der Waals surface area (Å²) in [4.78, 5) is 22.6. The number of nitrogens with zero attached hydrogens (tertiary/aromatic N) is 3. The lowest BCUT2D eigenvalue weighted by atomic mass is 10.1. The number of nitro groups is 1. The molecule has 0 saturated heterocycles. The number of carbonyl (C=O) groups excluding carboxylic acids is 1. The smallest absolute Gasteiger partial charge is 0.269 e. The summed E-state index contributed by atoms with van der Waals surface area (Å²) >= 11 is 0. The fraction of sp³-hybridized carbons (Fsp3) is 0.200. The number of rotatable bonds is 7. The predicted octanol–water partition coefficient (Wildman–Crippen LogP) is 3.15. The first-order valence-electron chi connectivity index (χ1n) is 8.66. The first-order chi connectivity index (χ1) is 13.4. The van der Waals surface area contributed by atoms with Gasteiger partial charge in [0.05, 0.1) is 10.6 Å². The van der Waals surface area contributed by atoms with Crippen LogP contribution in [0.1, 0.15) is 27.2 Å². The Bertz CT molecular complexity index is 996. The molecule has 0 aliphatic heterocycles. The molecule has 8 heteroatoms. The molecule has 28 heavy (non-hydrogen) atoms. The van der Waals surface area contributed by atoms with Crippen LogP contribution in [0.2, 0.25) is 0 Å². The Kier molecular flexibility index (Phi) is 5.69. The number of amides is 1. The second-order valence-electron chi connectivity index (χ2n) is 6.34. The second-order valence-corrected chi connectivity index (χ2v) is 6.34. The van der Waals surface area contributed by atoms with Crippen molar-refractivity contribution in [3.05, 3.63) is 87.2 Å². The molecule has 0 aliphatic rings. The largest absolute Gasteiger partial charge is 0.489 e. The summed E-state index contributed by atoms with van der Waals surface area (Å²) in [5.74, 6) is 0.341. The third-order valence-electron chi connectivity index (χ3n) is 4.20. The normalized spacial score (nSPS) is 10.5. The summed E-state index contributed by atoms with van der Waals surface area (Å²) in [6.45, 7) is 2.56. The van der Waals surface area contributed by atoms with E-state index in [9.17, 15) is 14.9 Å². The molecular formula is C20H20N4O4. The van der Waals surface area contributed by atoms with Gasteiger partial charge < -0.3 is 10.1 Å². The zero-order chi connectivity index (χ0) is 20.1. The van der Waals surface area contributed by atoms with Gasteiger partial charge >= 0.3 is 0 Å². The topological polar surface area (TPSA) is 99.3 Å². The molecule has 144 valence electrons. The van der Waals surface area contributed by atoms with Crippen molar-refractivity contribution in [3.63, 3.8) is 0 Å². The van der Waals surface area contributed by atoms with Gasteiger partial charge in [-0.25, -0.2) is 0 Å². The number of non-ortho nitro benzene ring substituents is 1. The number of ether oxygens (including phenoxy) is 1. The number of aryl methyl sites for hydroxylation is 2. The van der Waals surface area contributed by atoms with Crippen molar-refractivity contribution in [2.75, 3.05) is 0 Å². The number of aromatic nitrogens is 2. The molecule has 0 atom stereocenters. The van der Waals surface area contributed by atoms with Crippen LogP contribution in [0.15, 0.2) is 54.7 Å². The Morgan fingerprint density at radius 1 is 1.25 bits per heavy atom. The lowest BCUT2D eigenvalue weighted by molar-refractivity contribution is -0.384. The van der Waals surface area contributed by atoms with Crippen molar-refractivity contribution in [1.82, 2.24) is 15.1 Å². The van der Waals surface area contributed by atoms with Gasteiger partial charge in [-0.2, -0.15) is 5.10 Å². The third-order valence-corrected chi connectivity index (χ3v) is 4.20. The molecule has 0 aliphatic carbocycles. The van der Waals surface area contributed by atoms with Gasteiger partial charge in [-0.3, -0.25) is 19.6 Å². The molecule has 0 fully saturated rings. The Morgan fingerprint density at radius 2 is 2.00 bits per heavy atom. The molecule has 0 unspecified atom stereocenters. The maximum atomic E-state index is 12.4. The maximum absolute atomic E-state index is 12.4. The second kappa shape index (κ2) is 8.34. The first kappa shape index (κ1) is 19.1. The molecule has 1 heterocycles. The van der Waals surface area contributed by atoms with Crippen LogP contribution in [-0.2, 0) is 20.2 Å². The van der Waals surface area contributed by atoms with E-state index in [0.717, 1.165) is 16.8 Å². The van der Waals surface area contributed by atoms with Crippen LogP contribution in [0.3, 0.4) is 0 Å². The molecule has 0 saturated carbocycles. The van der Waals surface area contributed by atoms with Gasteiger partial charge in [0, 0.05) is 43.0 Å². The number of nitrogens with one attached hydrogen (secondary N) is 1. The Balaban J connectivity index is 1.59. The van der Waals surface area contributed by atoms with Crippen LogP contribution in [0.25, 0.3) is 0 Å². The van der Waals surface area contributed by atoms with Gasteiger partial charge in [-0.15, -0.1) is 0 Å². The molecular weight excluding hydrogens is 360 g/mol. The number of hydrogen-bond acceptors (Lipinski definition) is 5. The minimum absolute atomic E-state index is 0.00914. The third kappa shape index (κ3) is 4.73. The van der Waals surface area contributed by atoms with E-state index in [1.807, 2.05) is 26.2 Å². The molecule has 3 rings (SSSR count). The van der Waals surface area contributed by atoms with Gasteiger partial charge in [-0.1, -0.05) is 12.1 Å². The summed E-state index contributed by atoms with van der Waals surface area (Å²) < 4.78 is 7.36. The zero-order valence-corrected chi connectivity index (χ0v) is 15.6. The van der Waals surface area contributed by atoms with Crippen LogP contribution in [0.5, 0.6) is 5.75 Å². The number of nitro benzene ring substituents is 1. The van der Waals surface area contributed by atoms with Gasteiger partial charge in [0.2, 0.25) is 0 Å². The average molecular weight is 380 g/mol. The molecule has 0 bridgehead atoms. The van der Waals surface area contributed by atoms with Crippen LogP contribution >= 0.6 is 0 Å². The monoisotopic (exact) mass is 380 g/mol. The standard InChI is InChI=1S/C20H20N4O4/c1-14-17(12-23(2)22-14)11-21-20(25)16-5-3-4-15(10-16)13-28-19-8-6-18(7-9-19)24(26)27/h3-10,12H,11,13H2,1-2H3,(H,21,25). The van der Waals surface area contributed by atoms with Crippen LogP contribution < -0.4 is 10.1 Å². The van der Waals surface area contributed by atoms with Crippen molar-refractivity contribution in [2.24, 2.45) is 7.05 Å².